The summed E-state index contributed by atoms with van der Waals surface area (Å²) >= 11 is 6.06. The highest BCUT2D eigenvalue weighted by Gasteiger charge is 2.26. The normalized spacial score (nSPS) is 20.0. The van der Waals surface area contributed by atoms with Crippen molar-refractivity contribution < 1.29 is 9.32 Å². The number of H-pyrrole nitrogens is 1. The second-order valence-electron chi connectivity index (χ2n) is 6.59. The van der Waals surface area contributed by atoms with Crippen molar-refractivity contribution in [2.45, 2.75) is 37.6 Å². The van der Waals surface area contributed by atoms with Crippen LogP contribution in [-0.4, -0.2) is 27.1 Å². The lowest BCUT2D eigenvalue weighted by atomic mass is 9.85. The van der Waals surface area contributed by atoms with Crippen molar-refractivity contribution in [3.63, 3.8) is 0 Å². The maximum absolute atomic E-state index is 12.1. The van der Waals surface area contributed by atoms with Crippen molar-refractivity contribution in [2.75, 3.05) is 0 Å². The Bertz CT molecular complexity index is 883. The van der Waals surface area contributed by atoms with Gasteiger partial charge in [0.2, 0.25) is 0 Å². The monoisotopic (exact) mass is 370 g/mol. The Labute approximate surface area is 156 Å². The fourth-order valence-electron chi connectivity index (χ4n) is 3.44. The molecule has 0 atom stereocenters. The van der Waals surface area contributed by atoms with E-state index >= 15 is 0 Å². The minimum Gasteiger partial charge on any atom is -0.364 e. The number of halogens is 1. The van der Waals surface area contributed by atoms with Gasteiger partial charge in [0.05, 0.1) is 5.69 Å². The Balaban J connectivity index is 1.36. The first-order valence-corrected chi connectivity index (χ1v) is 9.09. The van der Waals surface area contributed by atoms with E-state index in [0.717, 1.165) is 42.8 Å². The van der Waals surface area contributed by atoms with Crippen LogP contribution in [0.5, 0.6) is 0 Å². The van der Waals surface area contributed by atoms with E-state index in [-0.39, 0.29) is 11.9 Å². The highest BCUT2D eigenvalue weighted by molar-refractivity contribution is 6.30. The van der Waals surface area contributed by atoms with Gasteiger partial charge in [-0.3, -0.25) is 4.79 Å². The van der Waals surface area contributed by atoms with Crippen molar-refractivity contribution in [1.29, 1.82) is 0 Å². The van der Waals surface area contributed by atoms with E-state index in [9.17, 15) is 4.79 Å². The number of hydrogen-bond donors (Lipinski definition) is 2. The third kappa shape index (κ3) is 3.65. The highest BCUT2D eigenvalue weighted by atomic mass is 35.5. The van der Waals surface area contributed by atoms with Crippen LogP contribution in [0.1, 0.15) is 47.9 Å². The number of hydrogen-bond acceptors (Lipinski definition) is 4. The van der Waals surface area contributed by atoms with Crippen LogP contribution in [0, 0.1) is 0 Å². The molecule has 0 saturated heterocycles. The Morgan fingerprint density at radius 1 is 1.23 bits per heavy atom. The van der Waals surface area contributed by atoms with E-state index in [1.807, 2.05) is 30.5 Å². The summed E-state index contributed by atoms with van der Waals surface area (Å²) in [6.07, 6.45) is 7.13. The van der Waals surface area contributed by atoms with Crippen molar-refractivity contribution in [3.8, 4) is 11.3 Å². The summed E-state index contributed by atoms with van der Waals surface area (Å²) in [5.41, 5.74) is 2.24. The number of nitrogens with zero attached hydrogens (tertiary/aromatic N) is 2. The minimum absolute atomic E-state index is 0.165. The molecule has 1 aromatic carbocycles. The molecule has 6 nitrogen and oxygen atoms in total. The van der Waals surface area contributed by atoms with Gasteiger partial charge in [0.15, 0.2) is 5.69 Å². The molecule has 1 aliphatic carbocycles. The van der Waals surface area contributed by atoms with Gasteiger partial charge < -0.3 is 14.8 Å². The number of imidazole rings is 1. The molecular formula is C19H19ClN4O2. The Kier molecular flexibility index (Phi) is 4.75. The van der Waals surface area contributed by atoms with Gasteiger partial charge in [-0.05, 0) is 37.8 Å². The summed E-state index contributed by atoms with van der Waals surface area (Å²) in [4.78, 5) is 20.1. The molecule has 2 heterocycles. The molecule has 1 aliphatic rings. The van der Waals surface area contributed by atoms with Gasteiger partial charge in [0.25, 0.3) is 5.91 Å². The molecule has 0 aliphatic heterocycles. The van der Waals surface area contributed by atoms with Gasteiger partial charge in [0.1, 0.15) is 12.1 Å². The topological polar surface area (TPSA) is 83.8 Å². The molecule has 134 valence electrons. The zero-order valence-corrected chi connectivity index (χ0v) is 14.9. The standard InChI is InChI=1S/C19H19ClN4O2/c20-14-3-1-2-13(10-14)17-11-21-18(23-17)12-4-6-15(7-5-12)22-19(25)16-8-9-26-24-16/h1-3,8-12,15H,4-7H2,(H,21,23)(H,22,25)/t12-,15+. The third-order valence-electron chi connectivity index (χ3n) is 4.84. The van der Waals surface area contributed by atoms with E-state index in [1.165, 1.54) is 6.26 Å². The molecule has 0 unspecified atom stereocenters. The number of nitrogens with one attached hydrogen (secondary N) is 2. The van der Waals surface area contributed by atoms with Crippen LogP contribution < -0.4 is 5.32 Å². The average molecular weight is 371 g/mol. The molecule has 1 fully saturated rings. The first-order chi connectivity index (χ1) is 12.7. The van der Waals surface area contributed by atoms with Crippen LogP contribution in [0.25, 0.3) is 11.3 Å². The largest absolute Gasteiger partial charge is 0.364 e. The van der Waals surface area contributed by atoms with E-state index in [0.29, 0.717) is 16.6 Å². The Morgan fingerprint density at radius 3 is 2.81 bits per heavy atom. The van der Waals surface area contributed by atoms with Crippen molar-refractivity contribution in [3.05, 3.63) is 59.3 Å². The van der Waals surface area contributed by atoms with Crippen LogP contribution in [0.2, 0.25) is 5.02 Å². The maximum Gasteiger partial charge on any atom is 0.273 e. The highest BCUT2D eigenvalue weighted by Crippen LogP contribution is 2.32. The molecule has 7 heteroatoms. The minimum atomic E-state index is -0.177. The zero-order chi connectivity index (χ0) is 17.9. The lowest BCUT2D eigenvalue weighted by Crippen LogP contribution is -2.37. The molecule has 0 spiro atoms. The summed E-state index contributed by atoms with van der Waals surface area (Å²) < 4.78 is 4.71. The van der Waals surface area contributed by atoms with E-state index in [1.54, 1.807) is 6.07 Å². The van der Waals surface area contributed by atoms with E-state index < -0.39 is 0 Å². The number of aromatic amines is 1. The van der Waals surface area contributed by atoms with Crippen LogP contribution >= 0.6 is 11.6 Å². The molecule has 26 heavy (non-hydrogen) atoms. The van der Waals surface area contributed by atoms with Crippen LogP contribution in [0.3, 0.4) is 0 Å². The zero-order valence-electron chi connectivity index (χ0n) is 14.1. The van der Waals surface area contributed by atoms with Gasteiger partial charge in [-0.2, -0.15) is 0 Å². The molecule has 0 radical (unpaired) electrons. The van der Waals surface area contributed by atoms with Gasteiger partial charge in [-0.15, -0.1) is 0 Å². The fourth-order valence-corrected chi connectivity index (χ4v) is 3.63. The lowest BCUT2D eigenvalue weighted by Gasteiger charge is -2.27. The number of rotatable bonds is 4. The molecule has 2 aromatic heterocycles. The van der Waals surface area contributed by atoms with Gasteiger partial charge in [-0.25, -0.2) is 4.98 Å². The predicted octanol–water partition coefficient (Wildman–Crippen LogP) is 4.17. The molecule has 1 amide bonds. The van der Waals surface area contributed by atoms with Crippen LogP contribution in [0.4, 0.5) is 0 Å². The quantitative estimate of drug-likeness (QED) is 0.721. The first kappa shape index (κ1) is 16.8. The van der Waals surface area contributed by atoms with Crippen molar-refractivity contribution in [2.24, 2.45) is 0 Å². The van der Waals surface area contributed by atoms with Gasteiger partial charge in [-0.1, -0.05) is 28.9 Å². The number of aromatic nitrogens is 3. The van der Waals surface area contributed by atoms with E-state index in [4.69, 9.17) is 21.1 Å². The summed E-state index contributed by atoms with van der Waals surface area (Å²) in [5, 5.41) is 7.40. The summed E-state index contributed by atoms with van der Waals surface area (Å²) in [5.74, 6) is 1.20. The van der Waals surface area contributed by atoms with E-state index in [2.05, 4.69) is 15.5 Å². The van der Waals surface area contributed by atoms with Crippen LogP contribution in [-0.2, 0) is 0 Å². The number of amides is 1. The number of carbonyl (C=O) groups excluding carboxylic acids is 1. The third-order valence-corrected chi connectivity index (χ3v) is 5.07. The lowest BCUT2D eigenvalue weighted by molar-refractivity contribution is 0.0916. The smallest absolute Gasteiger partial charge is 0.273 e. The first-order valence-electron chi connectivity index (χ1n) is 8.71. The molecule has 4 rings (SSSR count). The fraction of sp³-hybridized carbons (Fsp3) is 0.316. The summed E-state index contributed by atoms with van der Waals surface area (Å²) in [6, 6.07) is 9.43. The van der Waals surface area contributed by atoms with Gasteiger partial charge in [0, 0.05) is 34.8 Å². The van der Waals surface area contributed by atoms with Gasteiger partial charge >= 0.3 is 0 Å². The molecule has 3 aromatic rings. The second-order valence-corrected chi connectivity index (χ2v) is 7.02. The van der Waals surface area contributed by atoms with Crippen molar-refractivity contribution >= 4 is 17.5 Å². The van der Waals surface area contributed by atoms with Crippen LogP contribution in [0.15, 0.2) is 47.3 Å². The van der Waals surface area contributed by atoms with Crippen molar-refractivity contribution in [1.82, 2.24) is 20.4 Å². The predicted molar refractivity (Wildman–Crippen MR) is 98.0 cm³/mol. The molecule has 1 saturated carbocycles. The SMILES string of the molecule is O=C(N[C@H]1CC[C@@H](c2nc(-c3cccc(Cl)c3)c[nH]2)CC1)c1ccon1. The molecule has 2 N–H and O–H groups in total. The number of benzene rings is 1. The summed E-state index contributed by atoms with van der Waals surface area (Å²) in [6.45, 7) is 0. The average Bonchev–Trinajstić information content (AvgIpc) is 3.35. The summed E-state index contributed by atoms with van der Waals surface area (Å²) in [7, 11) is 0. The number of carbonyl (C=O) groups is 1. The second kappa shape index (κ2) is 7.33. The Hall–Kier alpha value is -2.60. The molecule has 0 bridgehead atoms. The maximum atomic E-state index is 12.1. The molecular weight excluding hydrogens is 352 g/mol. The Morgan fingerprint density at radius 2 is 2.08 bits per heavy atom.